The molecule has 0 radical (unpaired) electrons. The van der Waals surface area contributed by atoms with E-state index in [0.717, 1.165) is 39.8 Å². The summed E-state index contributed by atoms with van der Waals surface area (Å²) in [5.41, 5.74) is 3.82. The van der Waals surface area contributed by atoms with Gasteiger partial charge in [0.15, 0.2) is 5.78 Å². The summed E-state index contributed by atoms with van der Waals surface area (Å²) in [4.78, 5) is 26.3. The summed E-state index contributed by atoms with van der Waals surface area (Å²) in [5, 5.41) is 6.56. The lowest BCUT2D eigenvalue weighted by Gasteiger charge is -2.31. The Bertz CT molecular complexity index is 1170. The van der Waals surface area contributed by atoms with Gasteiger partial charge in [0.1, 0.15) is 5.82 Å². The lowest BCUT2D eigenvalue weighted by atomic mass is 9.77. The molecule has 1 aliphatic heterocycles. The highest BCUT2D eigenvalue weighted by Gasteiger charge is 2.38. The summed E-state index contributed by atoms with van der Waals surface area (Å²) >= 11 is 3.52. The topological polar surface area (TPSA) is 66.9 Å². The van der Waals surface area contributed by atoms with Gasteiger partial charge >= 0.3 is 0 Å². The van der Waals surface area contributed by atoms with Crippen LogP contribution in [-0.2, 0) is 4.79 Å². The van der Waals surface area contributed by atoms with E-state index < -0.39 is 0 Å². The summed E-state index contributed by atoms with van der Waals surface area (Å²) in [6, 6.07) is 17.3. The third kappa shape index (κ3) is 2.67. The Hall–Kier alpha value is -2.86. The third-order valence-corrected chi connectivity index (χ3v) is 5.93. The molecule has 1 unspecified atom stereocenters. The zero-order chi connectivity index (χ0) is 19.3. The highest BCUT2D eigenvalue weighted by Crippen LogP contribution is 2.43. The lowest BCUT2D eigenvalue weighted by molar-refractivity contribution is -0.116. The van der Waals surface area contributed by atoms with Crippen LogP contribution in [-0.4, -0.2) is 15.6 Å². The first-order chi connectivity index (χ1) is 13.6. The van der Waals surface area contributed by atoms with Crippen molar-refractivity contribution in [3.05, 3.63) is 91.8 Å². The van der Waals surface area contributed by atoms with E-state index in [1.165, 1.54) is 0 Å². The fourth-order valence-corrected chi connectivity index (χ4v) is 4.63. The minimum Gasteiger partial charge on any atom is -0.343 e. The molecule has 0 bridgehead atoms. The second-order valence-electron chi connectivity index (χ2n) is 7.16. The molecule has 140 valence electrons. The van der Waals surface area contributed by atoms with Crippen LogP contribution in [0.25, 0.3) is 5.69 Å². The lowest BCUT2D eigenvalue weighted by Crippen LogP contribution is -2.29. The van der Waals surface area contributed by atoms with Crippen LogP contribution in [0.3, 0.4) is 0 Å². The normalized spacial score (nSPS) is 18.5. The third-order valence-electron chi connectivity index (χ3n) is 5.43. The quantitative estimate of drug-likeness (QED) is 0.622. The van der Waals surface area contributed by atoms with E-state index in [1.807, 2.05) is 54.6 Å². The minimum atomic E-state index is -0.370. The second kappa shape index (κ2) is 6.63. The van der Waals surface area contributed by atoms with Gasteiger partial charge in [-0.1, -0.05) is 46.3 Å². The number of Topliss-reactive ketones (excluding diaryl/α,β-unsaturated/α-hetero) is 1. The fourth-order valence-electron chi connectivity index (χ4n) is 4.22. The van der Waals surface area contributed by atoms with Crippen LogP contribution >= 0.6 is 15.9 Å². The molecule has 3 aromatic rings. The van der Waals surface area contributed by atoms with Crippen molar-refractivity contribution in [2.45, 2.75) is 25.2 Å². The van der Waals surface area contributed by atoms with Crippen LogP contribution in [0.2, 0.25) is 0 Å². The van der Waals surface area contributed by atoms with Gasteiger partial charge in [-0.3, -0.25) is 14.7 Å². The molecule has 0 saturated carbocycles. The number of H-pyrrole nitrogens is 1. The zero-order valence-corrected chi connectivity index (χ0v) is 16.6. The molecular formula is C22H18BrN3O2. The van der Waals surface area contributed by atoms with Crippen LogP contribution in [0, 0.1) is 0 Å². The van der Waals surface area contributed by atoms with E-state index >= 15 is 0 Å². The van der Waals surface area contributed by atoms with Crippen molar-refractivity contribution in [2.75, 3.05) is 5.32 Å². The van der Waals surface area contributed by atoms with Crippen LogP contribution in [0.15, 0.2) is 75.1 Å². The number of halogens is 1. The summed E-state index contributed by atoms with van der Waals surface area (Å²) in [6.45, 7) is 0. The van der Waals surface area contributed by atoms with Crippen LogP contribution in [0.4, 0.5) is 5.82 Å². The molecule has 0 saturated heterocycles. The Morgan fingerprint density at radius 2 is 1.82 bits per heavy atom. The minimum absolute atomic E-state index is 0.122. The number of nitrogens with one attached hydrogen (secondary N) is 2. The van der Waals surface area contributed by atoms with E-state index in [9.17, 15) is 9.59 Å². The standard InChI is InChI=1S/C22H18BrN3O2/c23-14-7-4-6-13(12-14)18-19-16(10-5-11-17(19)27)24-21-20(18)22(28)26(25-21)15-8-2-1-3-9-15/h1-4,6-9,12,18,24-25H,5,10-11H2. The second-order valence-corrected chi connectivity index (χ2v) is 8.07. The number of aromatic amines is 1. The number of para-hydroxylation sites is 1. The molecule has 2 heterocycles. The Labute approximate surface area is 170 Å². The highest BCUT2D eigenvalue weighted by atomic mass is 79.9. The number of nitrogens with zero attached hydrogens (tertiary/aromatic N) is 1. The summed E-state index contributed by atoms with van der Waals surface area (Å²) in [7, 11) is 0. The number of carbonyl (C=O) groups excluding carboxylic acids is 1. The van der Waals surface area contributed by atoms with Crippen molar-refractivity contribution in [1.82, 2.24) is 9.78 Å². The van der Waals surface area contributed by atoms with Crippen molar-refractivity contribution >= 4 is 27.5 Å². The van der Waals surface area contributed by atoms with E-state index in [1.54, 1.807) is 4.68 Å². The number of benzene rings is 2. The van der Waals surface area contributed by atoms with Gasteiger partial charge in [-0.25, -0.2) is 4.68 Å². The van der Waals surface area contributed by atoms with Crippen LogP contribution in [0.1, 0.15) is 36.3 Å². The highest BCUT2D eigenvalue weighted by molar-refractivity contribution is 9.10. The van der Waals surface area contributed by atoms with Gasteiger partial charge in [-0.05, 0) is 42.7 Å². The van der Waals surface area contributed by atoms with Gasteiger partial charge in [0, 0.05) is 28.1 Å². The van der Waals surface area contributed by atoms with Gasteiger partial charge in [0.25, 0.3) is 5.56 Å². The number of anilines is 1. The van der Waals surface area contributed by atoms with E-state index in [2.05, 4.69) is 26.3 Å². The van der Waals surface area contributed by atoms with Gasteiger partial charge in [0.05, 0.1) is 11.3 Å². The van der Waals surface area contributed by atoms with Crippen LogP contribution < -0.4 is 10.9 Å². The number of ketones is 1. The maximum Gasteiger partial charge on any atom is 0.277 e. The molecule has 1 aliphatic carbocycles. The average molecular weight is 436 g/mol. The number of allylic oxidation sites excluding steroid dienone is 2. The Morgan fingerprint density at radius 1 is 1.00 bits per heavy atom. The molecule has 5 nitrogen and oxygen atoms in total. The van der Waals surface area contributed by atoms with E-state index in [0.29, 0.717) is 17.8 Å². The largest absolute Gasteiger partial charge is 0.343 e. The molecule has 0 fully saturated rings. The van der Waals surface area contributed by atoms with E-state index in [4.69, 9.17) is 0 Å². The smallest absolute Gasteiger partial charge is 0.277 e. The maximum absolute atomic E-state index is 13.4. The van der Waals surface area contributed by atoms with Crippen molar-refractivity contribution in [1.29, 1.82) is 0 Å². The summed E-state index contributed by atoms with van der Waals surface area (Å²) in [5.74, 6) is 0.425. The van der Waals surface area contributed by atoms with Crippen molar-refractivity contribution in [2.24, 2.45) is 0 Å². The molecule has 1 aromatic heterocycles. The number of aromatic nitrogens is 2. The number of rotatable bonds is 2. The van der Waals surface area contributed by atoms with Crippen molar-refractivity contribution < 1.29 is 4.79 Å². The Balaban J connectivity index is 1.76. The first-order valence-electron chi connectivity index (χ1n) is 9.32. The molecule has 1 atom stereocenters. The Kier molecular flexibility index (Phi) is 4.09. The number of fused-ring (bicyclic) bond motifs is 1. The molecular weight excluding hydrogens is 418 g/mol. The molecule has 2 aromatic carbocycles. The van der Waals surface area contributed by atoms with Gasteiger partial charge < -0.3 is 5.32 Å². The molecule has 28 heavy (non-hydrogen) atoms. The van der Waals surface area contributed by atoms with Crippen molar-refractivity contribution in [3.63, 3.8) is 0 Å². The van der Waals surface area contributed by atoms with Crippen molar-refractivity contribution in [3.8, 4) is 5.69 Å². The first-order valence-corrected chi connectivity index (χ1v) is 10.1. The number of hydrogen-bond acceptors (Lipinski definition) is 3. The molecule has 0 amide bonds. The zero-order valence-electron chi connectivity index (χ0n) is 15.0. The molecule has 6 heteroatoms. The summed E-state index contributed by atoms with van der Waals surface area (Å²) in [6.07, 6.45) is 2.16. The van der Waals surface area contributed by atoms with Gasteiger partial charge in [-0.15, -0.1) is 0 Å². The SMILES string of the molecule is O=C1CCCC2=C1C(c1cccc(Br)c1)c1c([nH]n(-c3ccccc3)c1=O)N2. The predicted molar refractivity (Wildman–Crippen MR) is 112 cm³/mol. The maximum atomic E-state index is 13.4. The van der Waals surface area contributed by atoms with E-state index in [-0.39, 0.29) is 17.3 Å². The molecule has 0 spiro atoms. The average Bonchev–Trinajstić information content (AvgIpc) is 3.03. The monoisotopic (exact) mass is 435 g/mol. The predicted octanol–water partition coefficient (Wildman–Crippen LogP) is 4.49. The first kappa shape index (κ1) is 17.3. The number of carbonyl (C=O) groups is 1. The number of hydrogen-bond donors (Lipinski definition) is 2. The fraction of sp³-hybridized carbons (Fsp3) is 0.182. The Morgan fingerprint density at radius 3 is 2.61 bits per heavy atom. The van der Waals surface area contributed by atoms with Gasteiger partial charge in [-0.2, -0.15) is 0 Å². The van der Waals surface area contributed by atoms with Gasteiger partial charge in [0.2, 0.25) is 0 Å². The molecule has 5 rings (SSSR count). The van der Waals surface area contributed by atoms with Crippen LogP contribution in [0.5, 0.6) is 0 Å². The molecule has 2 aliphatic rings. The molecule has 2 N–H and O–H groups in total. The summed E-state index contributed by atoms with van der Waals surface area (Å²) < 4.78 is 2.47.